The van der Waals surface area contributed by atoms with Crippen molar-refractivity contribution in [3.63, 3.8) is 0 Å². The summed E-state index contributed by atoms with van der Waals surface area (Å²) >= 11 is 0. The van der Waals surface area contributed by atoms with E-state index < -0.39 is 0 Å². The van der Waals surface area contributed by atoms with Gasteiger partial charge in [0.15, 0.2) is 0 Å². The largest absolute Gasteiger partial charge is 0.352 e. The van der Waals surface area contributed by atoms with E-state index in [2.05, 4.69) is 21.3 Å². The number of rotatable bonds is 5. The van der Waals surface area contributed by atoms with Gasteiger partial charge in [0.05, 0.1) is 0 Å². The molecule has 1 heterocycles. The third kappa shape index (κ3) is 6.23. The maximum atomic E-state index is 12.6. The number of hydrogen-bond acceptors (Lipinski definition) is 3. The van der Waals surface area contributed by atoms with E-state index in [1.54, 1.807) is 41.3 Å². The van der Waals surface area contributed by atoms with Gasteiger partial charge in [-0.3, -0.25) is 4.79 Å². The van der Waals surface area contributed by atoms with Crippen molar-refractivity contribution >= 4 is 35.0 Å². The average Bonchev–Trinajstić information content (AvgIpc) is 2.74. The van der Waals surface area contributed by atoms with E-state index in [1.165, 1.54) is 0 Å². The van der Waals surface area contributed by atoms with Crippen molar-refractivity contribution in [3.8, 4) is 0 Å². The monoisotopic (exact) mass is 409 g/mol. The number of hydrogen-bond donors (Lipinski definition) is 4. The second kappa shape index (κ2) is 10.3. The molecule has 1 atom stereocenters. The number of urea groups is 2. The molecule has 1 saturated heterocycles. The highest BCUT2D eigenvalue weighted by atomic mass is 16.2. The molecule has 4 N–H and O–H groups in total. The van der Waals surface area contributed by atoms with Gasteiger partial charge in [-0.1, -0.05) is 31.2 Å². The van der Waals surface area contributed by atoms with Crippen LogP contribution in [0, 0.1) is 0 Å². The fraction of sp³-hybridized carbons (Fsp3) is 0.318. The molecule has 1 fully saturated rings. The molecule has 2 aromatic rings. The zero-order chi connectivity index (χ0) is 21.3. The Labute approximate surface area is 176 Å². The Balaban J connectivity index is 1.54. The van der Waals surface area contributed by atoms with Crippen LogP contribution in [0.25, 0.3) is 0 Å². The summed E-state index contributed by atoms with van der Waals surface area (Å²) in [6.07, 6.45) is 2.13. The van der Waals surface area contributed by atoms with E-state index in [0.717, 1.165) is 12.8 Å². The predicted octanol–water partition coefficient (Wildman–Crippen LogP) is 3.85. The van der Waals surface area contributed by atoms with Gasteiger partial charge in [0, 0.05) is 42.6 Å². The minimum atomic E-state index is -0.366. The molecule has 5 amide bonds. The molecule has 0 aliphatic carbocycles. The van der Waals surface area contributed by atoms with Crippen molar-refractivity contribution in [1.82, 2.24) is 10.2 Å². The van der Waals surface area contributed by atoms with Crippen LogP contribution in [0.2, 0.25) is 0 Å². The number of nitrogens with one attached hydrogen (secondary N) is 4. The molecule has 0 spiro atoms. The molecule has 158 valence electrons. The Kier molecular flexibility index (Phi) is 7.26. The molecule has 30 heavy (non-hydrogen) atoms. The van der Waals surface area contributed by atoms with E-state index in [4.69, 9.17) is 0 Å². The standard InChI is InChI=1S/C22H27N5O3/c1-2-20(28)23-19-12-7-13-27(15-19)22(30)26-18-11-6-10-17(14-18)25-21(29)24-16-8-4-3-5-9-16/h3-6,8-11,14,19H,2,7,12-13,15H2,1H3,(H,23,28)(H,26,30)(H2,24,25,29). The van der Waals surface area contributed by atoms with Gasteiger partial charge >= 0.3 is 12.1 Å². The number of likely N-dealkylation sites (tertiary alicyclic amines) is 1. The number of carbonyl (C=O) groups excluding carboxylic acids is 3. The Hall–Kier alpha value is -3.55. The lowest BCUT2D eigenvalue weighted by molar-refractivity contribution is -0.121. The molecular formula is C22H27N5O3. The lowest BCUT2D eigenvalue weighted by Gasteiger charge is -2.33. The summed E-state index contributed by atoms with van der Waals surface area (Å²) in [4.78, 5) is 38.1. The SMILES string of the molecule is CCC(=O)NC1CCCN(C(=O)Nc2cccc(NC(=O)Nc3ccccc3)c2)C1. The van der Waals surface area contributed by atoms with Crippen molar-refractivity contribution in [2.24, 2.45) is 0 Å². The molecule has 0 radical (unpaired) electrons. The van der Waals surface area contributed by atoms with Crippen molar-refractivity contribution in [3.05, 3.63) is 54.6 Å². The molecule has 1 unspecified atom stereocenters. The molecule has 0 saturated carbocycles. The summed E-state index contributed by atoms with van der Waals surface area (Å²) in [7, 11) is 0. The van der Waals surface area contributed by atoms with E-state index in [9.17, 15) is 14.4 Å². The fourth-order valence-electron chi connectivity index (χ4n) is 3.30. The zero-order valence-corrected chi connectivity index (χ0v) is 17.0. The highest BCUT2D eigenvalue weighted by Gasteiger charge is 2.24. The summed E-state index contributed by atoms with van der Waals surface area (Å²) in [5, 5.41) is 11.3. The van der Waals surface area contributed by atoms with Crippen LogP contribution < -0.4 is 21.3 Å². The lowest BCUT2D eigenvalue weighted by Crippen LogP contribution is -2.50. The zero-order valence-electron chi connectivity index (χ0n) is 17.0. The first-order chi connectivity index (χ1) is 14.5. The topological polar surface area (TPSA) is 103 Å². The third-order valence-electron chi connectivity index (χ3n) is 4.80. The number of amides is 5. The minimum absolute atomic E-state index is 0.00480. The number of anilines is 3. The highest BCUT2D eigenvalue weighted by Crippen LogP contribution is 2.18. The van der Waals surface area contributed by atoms with Gasteiger partial charge in [-0.05, 0) is 43.2 Å². The normalized spacial score (nSPS) is 15.8. The Morgan fingerprint density at radius 2 is 1.60 bits per heavy atom. The first-order valence-corrected chi connectivity index (χ1v) is 10.1. The summed E-state index contributed by atoms with van der Waals surface area (Å²) in [5.74, 6) is -0.00480. The smallest absolute Gasteiger partial charge is 0.323 e. The first kappa shape index (κ1) is 21.2. The maximum Gasteiger partial charge on any atom is 0.323 e. The van der Waals surface area contributed by atoms with E-state index >= 15 is 0 Å². The predicted molar refractivity (Wildman–Crippen MR) is 118 cm³/mol. The molecule has 2 aromatic carbocycles. The molecule has 0 aromatic heterocycles. The number of para-hydroxylation sites is 1. The average molecular weight is 409 g/mol. The molecule has 8 nitrogen and oxygen atoms in total. The van der Waals surface area contributed by atoms with Crippen LogP contribution in [0.4, 0.5) is 26.7 Å². The third-order valence-corrected chi connectivity index (χ3v) is 4.80. The Morgan fingerprint density at radius 3 is 2.33 bits per heavy atom. The van der Waals surface area contributed by atoms with Gasteiger partial charge in [0.25, 0.3) is 0 Å². The van der Waals surface area contributed by atoms with Crippen LogP contribution in [0.5, 0.6) is 0 Å². The highest BCUT2D eigenvalue weighted by molar-refractivity contribution is 6.00. The second-order valence-corrected chi connectivity index (χ2v) is 7.16. The number of benzene rings is 2. The maximum absolute atomic E-state index is 12.6. The summed E-state index contributed by atoms with van der Waals surface area (Å²) in [6, 6.07) is 15.5. The number of carbonyl (C=O) groups is 3. The van der Waals surface area contributed by atoms with Crippen LogP contribution in [-0.4, -0.2) is 42.0 Å². The van der Waals surface area contributed by atoms with E-state index in [-0.39, 0.29) is 24.0 Å². The fourth-order valence-corrected chi connectivity index (χ4v) is 3.30. The van der Waals surface area contributed by atoms with Gasteiger partial charge in [0.1, 0.15) is 0 Å². The van der Waals surface area contributed by atoms with Crippen molar-refractivity contribution in [2.75, 3.05) is 29.0 Å². The van der Waals surface area contributed by atoms with Crippen LogP contribution in [-0.2, 0) is 4.79 Å². The van der Waals surface area contributed by atoms with Gasteiger partial charge in [-0.15, -0.1) is 0 Å². The molecule has 1 aliphatic heterocycles. The molecule has 0 bridgehead atoms. The lowest BCUT2D eigenvalue weighted by atomic mass is 10.1. The summed E-state index contributed by atoms with van der Waals surface area (Å²) in [5.41, 5.74) is 1.83. The molecule has 8 heteroatoms. The summed E-state index contributed by atoms with van der Waals surface area (Å²) < 4.78 is 0. The number of piperidine rings is 1. The van der Waals surface area contributed by atoms with Crippen LogP contribution in [0.3, 0.4) is 0 Å². The van der Waals surface area contributed by atoms with Crippen molar-refractivity contribution < 1.29 is 14.4 Å². The van der Waals surface area contributed by atoms with Crippen LogP contribution in [0.15, 0.2) is 54.6 Å². The van der Waals surface area contributed by atoms with E-state index in [0.29, 0.717) is 36.6 Å². The second-order valence-electron chi connectivity index (χ2n) is 7.16. The van der Waals surface area contributed by atoms with Crippen molar-refractivity contribution in [2.45, 2.75) is 32.2 Å². The quantitative estimate of drug-likeness (QED) is 0.603. The van der Waals surface area contributed by atoms with Crippen LogP contribution in [0.1, 0.15) is 26.2 Å². The summed E-state index contributed by atoms with van der Waals surface area (Å²) in [6.45, 7) is 2.93. The van der Waals surface area contributed by atoms with E-state index in [1.807, 2.05) is 25.1 Å². The Morgan fingerprint density at radius 1 is 0.933 bits per heavy atom. The van der Waals surface area contributed by atoms with Crippen LogP contribution >= 0.6 is 0 Å². The molecular weight excluding hydrogens is 382 g/mol. The van der Waals surface area contributed by atoms with Crippen molar-refractivity contribution in [1.29, 1.82) is 0 Å². The molecule has 3 rings (SSSR count). The number of nitrogens with zero attached hydrogens (tertiary/aromatic N) is 1. The van der Waals surface area contributed by atoms with Gasteiger partial charge in [-0.25, -0.2) is 9.59 Å². The Bertz CT molecular complexity index is 887. The first-order valence-electron chi connectivity index (χ1n) is 10.1. The molecule has 1 aliphatic rings. The van der Waals surface area contributed by atoms with Gasteiger partial charge in [0.2, 0.25) is 5.91 Å². The van der Waals surface area contributed by atoms with Gasteiger partial charge < -0.3 is 26.2 Å². The van der Waals surface area contributed by atoms with Gasteiger partial charge in [-0.2, -0.15) is 0 Å². The minimum Gasteiger partial charge on any atom is -0.352 e.